The first-order valence-corrected chi connectivity index (χ1v) is 13.9. The van der Waals surface area contributed by atoms with Crippen molar-refractivity contribution in [1.29, 1.82) is 0 Å². The second-order valence-corrected chi connectivity index (χ2v) is 10.8. The Morgan fingerprint density at radius 1 is 1.12 bits per heavy atom. The van der Waals surface area contributed by atoms with Crippen molar-refractivity contribution in [2.75, 3.05) is 31.0 Å². The summed E-state index contributed by atoms with van der Waals surface area (Å²) in [5, 5.41) is 12.5. The molecule has 1 aliphatic heterocycles. The fourth-order valence-corrected chi connectivity index (χ4v) is 4.91. The third-order valence-electron chi connectivity index (χ3n) is 7.24. The zero-order chi connectivity index (χ0) is 31.5. The molecule has 0 saturated heterocycles. The zero-order valence-electron chi connectivity index (χ0n) is 25.2. The third kappa shape index (κ3) is 6.68. The van der Waals surface area contributed by atoms with E-state index in [0.717, 1.165) is 16.8 Å². The number of aryl methyl sites for hydroxylation is 1. The molecule has 3 aromatic carbocycles. The van der Waals surface area contributed by atoms with Gasteiger partial charge in [-0.15, -0.1) is 0 Å². The number of carbonyl (C=O) groups excluding carboxylic acids is 2. The Labute approximate surface area is 250 Å². The van der Waals surface area contributed by atoms with E-state index in [4.69, 9.17) is 29.8 Å². The van der Waals surface area contributed by atoms with Gasteiger partial charge in [-0.25, -0.2) is 4.39 Å². The Kier molecular flexibility index (Phi) is 9.46. The number of nitrogens with two attached hydrogens (primary N) is 1. The predicted molar refractivity (Wildman–Crippen MR) is 161 cm³/mol. The van der Waals surface area contributed by atoms with Crippen molar-refractivity contribution >= 4 is 23.3 Å². The molecule has 11 heteroatoms. The molecule has 0 fully saturated rings. The number of aliphatic hydroxyl groups is 1. The van der Waals surface area contributed by atoms with Crippen molar-refractivity contribution in [1.82, 2.24) is 0 Å². The number of hydrogen-bond acceptors (Lipinski definition) is 9. The number of ether oxygens (including phenoxy) is 4. The van der Waals surface area contributed by atoms with Gasteiger partial charge in [0.15, 0.2) is 0 Å². The van der Waals surface area contributed by atoms with Gasteiger partial charge >= 0.3 is 5.97 Å². The van der Waals surface area contributed by atoms with Gasteiger partial charge in [0.1, 0.15) is 41.3 Å². The van der Waals surface area contributed by atoms with Crippen LogP contribution in [0.1, 0.15) is 38.3 Å². The lowest BCUT2D eigenvalue weighted by atomic mass is 9.91. The highest BCUT2D eigenvalue weighted by Crippen LogP contribution is 2.45. The number of anilines is 2. The zero-order valence-corrected chi connectivity index (χ0v) is 25.2. The largest absolute Gasteiger partial charge is 0.496 e. The van der Waals surface area contributed by atoms with E-state index in [1.807, 2.05) is 32.9 Å². The molecule has 0 saturated carbocycles. The highest BCUT2D eigenvalue weighted by molar-refractivity contribution is 6.08. The van der Waals surface area contributed by atoms with Crippen LogP contribution in [0.3, 0.4) is 0 Å². The van der Waals surface area contributed by atoms with E-state index in [2.05, 4.69) is 5.32 Å². The number of rotatable bonds is 11. The second-order valence-electron chi connectivity index (χ2n) is 10.8. The molecule has 1 unspecified atom stereocenters. The normalized spacial score (nSPS) is 15.2. The molecule has 230 valence electrons. The van der Waals surface area contributed by atoms with Gasteiger partial charge in [-0.05, 0) is 56.2 Å². The van der Waals surface area contributed by atoms with Gasteiger partial charge in [0.2, 0.25) is 6.29 Å². The molecule has 0 spiro atoms. The number of likely N-dealkylation sites (N-methyl/N-ethyl adjacent to an activating group) is 1. The van der Waals surface area contributed by atoms with E-state index in [9.17, 15) is 14.0 Å². The van der Waals surface area contributed by atoms with Crippen LogP contribution in [0, 0.1) is 12.7 Å². The number of fused-ring (bicyclic) bond motifs is 1. The van der Waals surface area contributed by atoms with Crippen LogP contribution in [-0.2, 0) is 20.9 Å². The fourth-order valence-electron chi connectivity index (χ4n) is 4.91. The van der Waals surface area contributed by atoms with Gasteiger partial charge in [0.05, 0.1) is 25.1 Å². The number of benzene rings is 3. The van der Waals surface area contributed by atoms with Crippen molar-refractivity contribution in [3.63, 3.8) is 0 Å². The molecule has 0 aliphatic carbocycles. The maximum Gasteiger partial charge on any atom is 0.328 e. The Hall–Kier alpha value is -4.35. The Bertz CT molecular complexity index is 1510. The first-order valence-electron chi connectivity index (χ1n) is 13.9. The topological polar surface area (TPSA) is 133 Å². The highest BCUT2D eigenvalue weighted by atomic mass is 19.1. The standard InChI is InChI=1S/C32H38FN3O7/c1-7-28(43-30(38)24(34)16-37)42-20-10-11-22(27(15-20)40-6)21-12-13-25-29(36(5)31(39)32(3,4)35-25)23(21)17-41-26-14-19(33)9-8-18(26)2/h8-15,24,28,35,37H,7,16-17,34H2,1-6H3/t24-,28?/m0/s1. The molecule has 3 aromatic rings. The minimum Gasteiger partial charge on any atom is -0.496 e. The first kappa shape index (κ1) is 31.6. The quantitative estimate of drug-likeness (QED) is 0.216. The predicted octanol–water partition coefficient (Wildman–Crippen LogP) is 4.53. The van der Waals surface area contributed by atoms with E-state index in [-0.39, 0.29) is 12.5 Å². The number of nitrogens with one attached hydrogen (secondary N) is 1. The van der Waals surface area contributed by atoms with Gasteiger partial charge in [0.25, 0.3) is 5.91 Å². The third-order valence-corrected chi connectivity index (χ3v) is 7.24. The molecule has 1 amide bonds. The van der Waals surface area contributed by atoms with Crippen molar-refractivity contribution in [2.24, 2.45) is 5.73 Å². The summed E-state index contributed by atoms with van der Waals surface area (Å²) < 4.78 is 37.1. The van der Waals surface area contributed by atoms with Gasteiger partial charge in [-0.3, -0.25) is 9.59 Å². The van der Waals surface area contributed by atoms with E-state index >= 15 is 0 Å². The van der Waals surface area contributed by atoms with Crippen molar-refractivity contribution in [3.05, 3.63) is 65.5 Å². The van der Waals surface area contributed by atoms with Crippen LogP contribution in [0.5, 0.6) is 17.2 Å². The lowest BCUT2D eigenvalue weighted by Crippen LogP contribution is -2.52. The maximum atomic E-state index is 14.1. The summed E-state index contributed by atoms with van der Waals surface area (Å²) in [4.78, 5) is 27.0. The molecule has 0 aromatic heterocycles. The summed E-state index contributed by atoms with van der Waals surface area (Å²) in [5.41, 5.74) is 8.98. The molecule has 1 aliphatic rings. The van der Waals surface area contributed by atoms with E-state index in [0.29, 0.717) is 40.5 Å². The van der Waals surface area contributed by atoms with Crippen LogP contribution in [-0.4, -0.2) is 55.6 Å². The molecule has 10 nitrogen and oxygen atoms in total. The summed E-state index contributed by atoms with van der Waals surface area (Å²) >= 11 is 0. The molecule has 43 heavy (non-hydrogen) atoms. The first-order chi connectivity index (χ1) is 20.4. The number of hydrogen-bond donors (Lipinski definition) is 3. The SMILES string of the molecule is CCC(OC(=O)[C@@H](N)CO)Oc1ccc(-c2ccc3c(c2COc2cc(F)ccc2C)N(C)C(=O)C(C)(C)N3)c(OC)c1. The minimum absolute atomic E-state index is 0.0307. The molecule has 0 radical (unpaired) electrons. The average molecular weight is 596 g/mol. The smallest absolute Gasteiger partial charge is 0.328 e. The van der Waals surface area contributed by atoms with Gasteiger partial charge in [-0.1, -0.05) is 19.1 Å². The number of aliphatic hydroxyl groups excluding tert-OH is 1. The number of methoxy groups -OCH3 is 1. The number of halogens is 1. The Morgan fingerprint density at radius 3 is 2.51 bits per heavy atom. The number of esters is 1. The maximum absolute atomic E-state index is 14.1. The average Bonchev–Trinajstić information content (AvgIpc) is 2.99. The summed E-state index contributed by atoms with van der Waals surface area (Å²) in [6.07, 6.45) is -0.597. The van der Waals surface area contributed by atoms with Crippen LogP contribution in [0.2, 0.25) is 0 Å². The Morgan fingerprint density at radius 2 is 1.84 bits per heavy atom. The fraction of sp³-hybridized carbons (Fsp3) is 0.375. The van der Waals surface area contributed by atoms with Gasteiger partial charge in [-0.2, -0.15) is 0 Å². The molecule has 4 rings (SSSR count). The van der Waals surface area contributed by atoms with Crippen molar-refractivity contribution < 1.29 is 38.0 Å². The lowest BCUT2D eigenvalue weighted by molar-refractivity contribution is -0.166. The molecule has 4 N–H and O–H groups in total. The van der Waals surface area contributed by atoms with Crippen LogP contribution in [0.15, 0.2) is 48.5 Å². The highest BCUT2D eigenvalue weighted by Gasteiger charge is 2.39. The summed E-state index contributed by atoms with van der Waals surface area (Å²) in [6, 6.07) is 12.1. The van der Waals surface area contributed by atoms with E-state index in [1.54, 1.807) is 43.1 Å². The Balaban J connectivity index is 1.76. The molecular weight excluding hydrogens is 557 g/mol. The van der Waals surface area contributed by atoms with Crippen LogP contribution in [0.4, 0.5) is 15.8 Å². The van der Waals surface area contributed by atoms with Crippen LogP contribution in [0.25, 0.3) is 11.1 Å². The second kappa shape index (κ2) is 12.9. The lowest BCUT2D eigenvalue weighted by Gasteiger charge is -2.39. The van der Waals surface area contributed by atoms with Crippen LogP contribution >= 0.6 is 0 Å². The molecule has 0 bridgehead atoms. The van der Waals surface area contributed by atoms with Crippen molar-refractivity contribution in [3.8, 4) is 28.4 Å². The monoisotopic (exact) mass is 595 g/mol. The summed E-state index contributed by atoms with van der Waals surface area (Å²) in [6.45, 7) is 6.72. The van der Waals surface area contributed by atoms with E-state index < -0.39 is 36.3 Å². The van der Waals surface area contributed by atoms with Crippen LogP contribution < -0.4 is 30.2 Å². The van der Waals surface area contributed by atoms with E-state index in [1.165, 1.54) is 19.2 Å². The molecular formula is C32H38FN3O7. The van der Waals surface area contributed by atoms with Crippen molar-refractivity contribution in [2.45, 2.75) is 58.6 Å². The summed E-state index contributed by atoms with van der Waals surface area (Å²) in [5.74, 6) is -0.110. The van der Waals surface area contributed by atoms with Gasteiger partial charge in [0, 0.05) is 36.7 Å². The van der Waals surface area contributed by atoms with Gasteiger partial charge < -0.3 is 40.0 Å². The number of nitrogens with zero attached hydrogens (tertiary/aromatic N) is 1. The molecule has 1 heterocycles. The summed E-state index contributed by atoms with van der Waals surface area (Å²) in [7, 11) is 3.23. The number of amides is 1. The minimum atomic E-state index is -1.17. The number of carbonyl (C=O) groups is 2. The molecule has 2 atom stereocenters.